The van der Waals surface area contributed by atoms with Gasteiger partial charge in [-0.1, -0.05) is 6.07 Å². The fourth-order valence-corrected chi connectivity index (χ4v) is 6.15. The van der Waals surface area contributed by atoms with Crippen molar-refractivity contribution in [2.45, 2.75) is 30.8 Å². The Balaban J connectivity index is 0.000000406. The minimum Gasteiger partial charge on any atom is -0.475 e. The highest BCUT2D eigenvalue weighted by atomic mass is 32.2. The molecule has 0 radical (unpaired) electrons. The van der Waals surface area contributed by atoms with E-state index in [1.807, 2.05) is 12.1 Å². The van der Waals surface area contributed by atoms with Gasteiger partial charge in [0, 0.05) is 44.8 Å². The van der Waals surface area contributed by atoms with Crippen molar-refractivity contribution in [3.63, 3.8) is 0 Å². The SMILES string of the molecule is O=C(O)C(F)(F)F.O=C(c1ccncn1)N1CC[C@@H]2CN(Cc3cccnc3)S(=O)(=O)[C@@H]2CC1. The molecule has 0 spiro atoms. The number of carbonyl (C=O) groups excluding carboxylic acids is 1. The molecule has 2 aliphatic rings. The molecule has 0 unspecified atom stereocenters. The molecule has 0 bridgehead atoms. The normalized spacial score (nSPS) is 22.1. The molecule has 2 aromatic heterocycles. The molecule has 10 nitrogen and oxygen atoms in total. The van der Waals surface area contributed by atoms with Gasteiger partial charge >= 0.3 is 12.1 Å². The Kier molecular flexibility index (Phi) is 7.82. The molecular formula is C20H22F3N5O5S. The molecule has 2 saturated heterocycles. The lowest BCUT2D eigenvalue weighted by Gasteiger charge is -2.21. The van der Waals surface area contributed by atoms with E-state index in [4.69, 9.17) is 9.90 Å². The highest BCUT2D eigenvalue weighted by Crippen LogP contribution is 2.35. The van der Waals surface area contributed by atoms with Crippen LogP contribution in [0.5, 0.6) is 0 Å². The van der Waals surface area contributed by atoms with E-state index in [2.05, 4.69) is 15.0 Å². The summed E-state index contributed by atoms with van der Waals surface area (Å²) in [5, 5.41) is 6.69. The van der Waals surface area contributed by atoms with Crippen LogP contribution in [0.1, 0.15) is 28.9 Å². The molecule has 0 aliphatic carbocycles. The number of hydrogen-bond acceptors (Lipinski definition) is 7. The third-order valence-corrected chi connectivity index (χ3v) is 7.96. The van der Waals surface area contributed by atoms with E-state index in [1.54, 1.807) is 27.7 Å². The number of rotatable bonds is 3. The average molecular weight is 501 g/mol. The Morgan fingerprint density at radius 2 is 1.82 bits per heavy atom. The van der Waals surface area contributed by atoms with Gasteiger partial charge in [0.25, 0.3) is 5.91 Å². The van der Waals surface area contributed by atoms with Crippen molar-refractivity contribution in [3.8, 4) is 0 Å². The number of likely N-dealkylation sites (tertiary alicyclic amines) is 1. The monoisotopic (exact) mass is 501 g/mol. The zero-order chi connectivity index (χ0) is 24.9. The third-order valence-electron chi connectivity index (χ3n) is 5.57. The summed E-state index contributed by atoms with van der Waals surface area (Å²) in [7, 11) is -3.38. The molecule has 4 heterocycles. The van der Waals surface area contributed by atoms with Gasteiger partial charge in [-0.15, -0.1) is 0 Å². The fourth-order valence-electron chi connectivity index (χ4n) is 3.93. The maximum Gasteiger partial charge on any atom is 0.490 e. The van der Waals surface area contributed by atoms with Gasteiger partial charge < -0.3 is 10.0 Å². The second-order valence-corrected chi connectivity index (χ2v) is 9.92. The Labute approximate surface area is 193 Å². The van der Waals surface area contributed by atoms with Crippen LogP contribution in [0.15, 0.2) is 43.1 Å². The number of pyridine rings is 1. The molecule has 2 aromatic rings. The first-order valence-corrected chi connectivity index (χ1v) is 11.7. The summed E-state index contributed by atoms with van der Waals surface area (Å²) >= 11 is 0. The summed E-state index contributed by atoms with van der Waals surface area (Å²) in [6.45, 7) is 1.81. The zero-order valence-electron chi connectivity index (χ0n) is 17.8. The molecule has 184 valence electrons. The van der Waals surface area contributed by atoms with Gasteiger partial charge in [0.15, 0.2) is 0 Å². The Morgan fingerprint density at radius 1 is 1.12 bits per heavy atom. The van der Waals surface area contributed by atoms with Crippen molar-refractivity contribution in [2.75, 3.05) is 19.6 Å². The quantitative estimate of drug-likeness (QED) is 0.670. The van der Waals surface area contributed by atoms with E-state index >= 15 is 0 Å². The van der Waals surface area contributed by atoms with Gasteiger partial charge in [0.05, 0.1) is 5.25 Å². The maximum absolute atomic E-state index is 13.0. The Bertz CT molecular complexity index is 1100. The van der Waals surface area contributed by atoms with Crippen LogP contribution in [-0.2, 0) is 21.4 Å². The maximum atomic E-state index is 13.0. The first-order valence-electron chi connectivity index (χ1n) is 10.2. The minimum absolute atomic E-state index is 0.0369. The summed E-state index contributed by atoms with van der Waals surface area (Å²) in [5.74, 6) is -2.88. The lowest BCUT2D eigenvalue weighted by atomic mass is 10.0. The topological polar surface area (TPSA) is 134 Å². The molecule has 1 N–H and O–H groups in total. The van der Waals surface area contributed by atoms with E-state index in [0.29, 0.717) is 44.7 Å². The van der Waals surface area contributed by atoms with Crippen molar-refractivity contribution in [1.29, 1.82) is 0 Å². The predicted octanol–water partition coefficient (Wildman–Crippen LogP) is 1.57. The summed E-state index contributed by atoms with van der Waals surface area (Å²) in [6, 6.07) is 5.28. The standard InChI is InChI=1S/C18H21N5O3S.C2HF3O2/c24-18(16-3-7-20-13-21-16)22-8-4-15-12-23(11-14-2-1-6-19-10-14)27(25,26)17(15)5-9-22;3-2(4,5)1(6)7/h1-3,6-7,10,13,15,17H,4-5,8-9,11-12H2;(H,6,7)/t15-,17-;/m1./s1. The molecule has 1 amide bonds. The van der Waals surface area contributed by atoms with Gasteiger partial charge in [0.1, 0.15) is 12.0 Å². The Morgan fingerprint density at radius 3 is 2.41 bits per heavy atom. The van der Waals surface area contributed by atoms with E-state index in [-0.39, 0.29) is 11.8 Å². The van der Waals surface area contributed by atoms with Gasteiger partial charge in [-0.05, 0) is 36.5 Å². The number of carboxylic acids is 1. The fraction of sp³-hybridized carbons (Fsp3) is 0.450. The second kappa shape index (κ2) is 10.4. The molecule has 34 heavy (non-hydrogen) atoms. The molecule has 4 rings (SSSR count). The van der Waals surface area contributed by atoms with Crippen molar-refractivity contribution >= 4 is 21.9 Å². The number of carbonyl (C=O) groups is 2. The predicted molar refractivity (Wildman–Crippen MR) is 112 cm³/mol. The number of aliphatic carboxylic acids is 1. The van der Waals surface area contributed by atoms with Crippen LogP contribution in [0.3, 0.4) is 0 Å². The molecule has 0 aromatic carbocycles. The number of nitrogens with zero attached hydrogens (tertiary/aromatic N) is 5. The average Bonchev–Trinajstić information content (AvgIpc) is 2.93. The van der Waals surface area contributed by atoms with Crippen LogP contribution >= 0.6 is 0 Å². The Hall–Kier alpha value is -3.13. The highest BCUT2D eigenvalue weighted by molar-refractivity contribution is 7.90. The van der Waals surface area contributed by atoms with Crippen molar-refractivity contribution < 1.29 is 36.3 Å². The van der Waals surface area contributed by atoms with Gasteiger partial charge in [-0.3, -0.25) is 9.78 Å². The highest BCUT2D eigenvalue weighted by Gasteiger charge is 2.47. The number of alkyl halides is 3. The van der Waals surface area contributed by atoms with Crippen LogP contribution in [0.25, 0.3) is 0 Å². The number of carboxylic acid groups (broad SMARTS) is 1. The first kappa shape index (κ1) is 25.5. The summed E-state index contributed by atoms with van der Waals surface area (Å²) in [4.78, 5) is 35.1. The zero-order valence-corrected chi connectivity index (χ0v) is 18.6. The summed E-state index contributed by atoms with van der Waals surface area (Å²) in [6.07, 6.45) is 2.30. The number of hydrogen-bond donors (Lipinski definition) is 1. The van der Waals surface area contributed by atoms with E-state index in [9.17, 15) is 26.4 Å². The van der Waals surface area contributed by atoms with E-state index in [1.165, 1.54) is 12.5 Å². The molecule has 0 saturated carbocycles. The van der Waals surface area contributed by atoms with Crippen LogP contribution in [0, 0.1) is 5.92 Å². The van der Waals surface area contributed by atoms with Crippen LogP contribution in [0.4, 0.5) is 13.2 Å². The molecule has 14 heteroatoms. The smallest absolute Gasteiger partial charge is 0.475 e. The number of halogens is 3. The molecule has 2 atom stereocenters. The van der Waals surface area contributed by atoms with E-state index < -0.39 is 27.4 Å². The van der Waals surface area contributed by atoms with Crippen molar-refractivity contribution in [2.24, 2.45) is 5.92 Å². The van der Waals surface area contributed by atoms with Crippen LogP contribution in [0.2, 0.25) is 0 Å². The van der Waals surface area contributed by atoms with Crippen LogP contribution < -0.4 is 0 Å². The summed E-state index contributed by atoms with van der Waals surface area (Å²) in [5.41, 5.74) is 1.23. The lowest BCUT2D eigenvalue weighted by molar-refractivity contribution is -0.192. The van der Waals surface area contributed by atoms with Crippen LogP contribution in [-0.4, -0.2) is 80.6 Å². The van der Waals surface area contributed by atoms with Gasteiger partial charge in [-0.2, -0.15) is 17.5 Å². The second-order valence-electron chi connectivity index (χ2n) is 7.76. The largest absolute Gasteiger partial charge is 0.490 e. The summed E-state index contributed by atoms with van der Waals surface area (Å²) < 4.78 is 59.3. The minimum atomic E-state index is -5.08. The molecule has 2 fully saturated rings. The van der Waals surface area contributed by atoms with Crippen molar-refractivity contribution in [1.82, 2.24) is 24.2 Å². The third kappa shape index (κ3) is 6.05. The molecular weight excluding hydrogens is 479 g/mol. The number of amides is 1. The number of fused-ring (bicyclic) bond motifs is 1. The molecule has 2 aliphatic heterocycles. The van der Waals surface area contributed by atoms with Gasteiger partial charge in [0.2, 0.25) is 10.0 Å². The number of aromatic nitrogens is 3. The van der Waals surface area contributed by atoms with Crippen molar-refractivity contribution in [3.05, 3.63) is 54.4 Å². The number of sulfonamides is 1. The van der Waals surface area contributed by atoms with Gasteiger partial charge in [-0.25, -0.2) is 23.2 Å². The van der Waals surface area contributed by atoms with E-state index in [0.717, 1.165) is 5.56 Å². The first-order chi connectivity index (χ1) is 16.0. The lowest BCUT2D eigenvalue weighted by Crippen LogP contribution is -2.35.